The summed E-state index contributed by atoms with van der Waals surface area (Å²) in [6, 6.07) is 6.98. The average molecular weight is 725 g/mol. The number of hydrogen-bond acceptors (Lipinski definition) is 18. The molecule has 2 fully saturated rings. The number of carbonyl (C=O) groups excluding carboxylic acids is 2. The minimum Gasteiger partial charge on any atom is -0.504 e. The maximum absolute atomic E-state index is 13.1. The van der Waals surface area contributed by atoms with E-state index in [0.717, 1.165) is 12.2 Å². The Morgan fingerprint density at radius 2 is 1.35 bits per heavy atom. The van der Waals surface area contributed by atoms with Crippen LogP contribution in [-0.4, -0.2) is 149 Å². The van der Waals surface area contributed by atoms with Gasteiger partial charge in [-0.25, -0.2) is 9.59 Å². The van der Waals surface area contributed by atoms with Gasteiger partial charge in [-0.05, 0) is 47.5 Å². The molecule has 18 heteroatoms. The predicted octanol–water partition coefficient (Wildman–Crippen LogP) is -1.43. The first-order valence-electron chi connectivity index (χ1n) is 15.3. The number of phenols is 2. The Labute approximate surface area is 290 Å². The van der Waals surface area contributed by atoms with Crippen LogP contribution in [0.3, 0.4) is 0 Å². The molecule has 0 aromatic heterocycles. The summed E-state index contributed by atoms with van der Waals surface area (Å²) in [4.78, 5) is 26.0. The maximum Gasteiger partial charge on any atom is 0.331 e. The van der Waals surface area contributed by atoms with Gasteiger partial charge in [-0.1, -0.05) is 6.07 Å². The first kappa shape index (κ1) is 39.3. The van der Waals surface area contributed by atoms with Gasteiger partial charge in [0.15, 0.2) is 35.4 Å². The van der Waals surface area contributed by atoms with E-state index in [9.17, 15) is 50.4 Å². The molecule has 0 unspecified atom stereocenters. The van der Waals surface area contributed by atoms with Crippen molar-refractivity contribution in [3.05, 3.63) is 53.6 Å². The van der Waals surface area contributed by atoms with E-state index in [1.54, 1.807) is 0 Å². The Morgan fingerprint density at radius 3 is 1.96 bits per heavy atom. The number of methoxy groups -OCH3 is 3. The first-order valence-corrected chi connectivity index (χ1v) is 15.3. The fraction of sp³-hybridized carbons (Fsp3) is 0.455. The van der Waals surface area contributed by atoms with Gasteiger partial charge in [-0.3, -0.25) is 0 Å². The molecule has 4 rings (SSSR count). The van der Waals surface area contributed by atoms with Crippen LogP contribution in [0.4, 0.5) is 0 Å². The van der Waals surface area contributed by atoms with Crippen LogP contribution in [0.15, 0.2) is 42.5 Å². The molecule has 2 aliphatic heterocycles. The molecule has 2 aromatic rings. The minimum absolute atomic E-state index is 0.0425. The van der Waals surface area contributed by atoms with Gasteiger partial charge in [0.1, 0.15) is 43.2 Å². The average Bonchev–Trinajstić information content (AvgIpc) is 3.39. The van der Waals surface area contributed by atoms with Crippen LogP contribution < -0.4 is 14.2 Å². The van der Waals surface area contributed by atoms with Crippen LogP contribution in [0, 0.1) is 0 Å². The molecule has 0 radical (unpaired) electrons. The lowest BCUT2D eigenvalue weighted by Gasteiger charge is -2.43. The van der Waals surface area contributed by atoms with Gasteiger partial charge >= 0.3 is 11.9 Å². The number of ether oxygens (including phenoxy) is 8. The van der Waals surface area contributed by atoms with Gasteiger partial charge < -0.3 is 78.7 Å². The van der Waals surface area contributed by atoms with E-state index in [0.29, 0.717) is 11.1 Å². The van der Waals surface area contributed by atoms with Gasteiger partial charge in [-0.15, -0.1) is 0 Å². The van der Waals surface area contributed by atoms with Crippen molar-refractivity contribution in [1.29, 1.82) is 0 Å². The van der Waals surface area contributed by atoms with E-state index in [2.05, 4.69) is 0 Å². The van der Waals surface area contributed by atoms with Gasteiger partial charge in [0.2, 0.25) is 11.5 Å². The van der Waals surface area contributed by atoms with E-state index in [1.807, 2.05) is 0 Å². The summed E-state index contributed by atoms with van der Waals surface area (Å²) < 4.78 is 43.2. The second-order valence-electron chi connectivity index (χ2n) is 11.3. The molecule has 0 bridgehead atoms. The molecule has 2 saturated heterocycles. The summed E-state index contributed by atoms with van der Waals surface area (Å²) >= 11 is 0. The van der Waals surface area contributed by atoms with Gasteiger partial charge in [0.05, 0.1) is 34.5 Å². The van der Waals surface area contributed by atoms with Gasteiger partial charge in [-0.2, -0.15) is 0 Å². The van der Waals surface area contributed by atoms with E-state index in [1.165, 1.54) is 63.8 Å². The van der Waals surface area contributed by atoms with E-state index >= 15 is 0 Å². The number of benzene rings is 2. The smallest absolute Gasteiger partial charge is 0.331 e. The van der Waals surface area contributed by atoms with E-state index < -0.39 is 86.6 Å². The number of aliphatic hydroxyl groups is 6. The number of rotatable bonds is 14. The Balaban J connectivity index is 1.64. The molecule has 0 aliphatic carbocycles. The Hall–Kier alpha value is -4.50. The lowest BCUT2D eigenvalue weighted by Crippen LogP contribution is -2.63. The molecule has 2 aliphatic rings. The van der Waals surface area contributed by atoms with Gasteiger partial charge in [0, 0.05) is 12.2 Å². The highest BCUT2D eigenvalue weighted by atomic mass is 16.8. The van der Waals surface area contributed by atoms with Crippen molar-refractivity contribution in [2.75, 3.05) is 41.2 Å². The number of hydrogen-bond donors (Lipinski definition) is 8. The summed E-state index contributed by atoms with van der Waals surface area (Å²) in [5.74, 6) is -4.92. The molecule has 9 atom stereocenters. The zero-order valence-corrected chi connectivity index (χ0v) is 27.6. The Bertz CT molecular complexity index is 1550. The van der Waals surface area contributed by atoms with E-state index in [-0.39, 0.29) is 28.7 Å². The van der Waals surface area contributed by atoms with Crippen molar-refractivity contribution in [1.82, 2.24) is 0 Å². The number of carbonyl (C=O) groups is 2. The minimum atomic E-state index is -2.54. The van der Waals surface area contributed by atoms with Crippen LogP contribution in [0.5, 0.6) is 28.7 Å². The van der Waals surface area contributed by atoms with Crippen LogP contribution in [-0.2, 0) is 33.3 Å². The summed E-state index contributed by atoms with van der Waals surface area (Å²) in [6.07, 6.45) is -9.92. The topological polar surface area (TPSA) is 270 Å². The molecular weight excluding hydrogens is 684 g/mol. The van der Waals surface area contributed by atoms with Crippen LogP contribution in [0.25, 0.3) is 12.2 Å². The highest BCUT2D eigenvalue weighted by molar-refractivity contribution is 5.88. The van der Waals surface area contributed by atoms with Crippen molar-refractivity contribution in [3.63, 3.8) is 0 Å². The molecule has 0 amide bonds. The zero-order chi connectivity index (χ0) is 37.5. The highest BCUT2D eigenvalue weighted by Crippen LogP contribution is 2.40. The van der Waals surface area contributed by atoms with Crippen molar-refractivity contribution < 1.29 is 88.3 Å². The van der Waals surface area contributed by atoms with Gasteiger partial charge in [0.25, 0.3) is 0 Å². The van der Waals surface area contributed by atoms with Crippen molar-refractivity contribution >= 4 is 24.1 Å². The second-order valence-corrected chi connectivity index (χ2v) is 11.3. The molecule has 0 spiro atoms. The summed E-state index contributed by atoms with van der Waals surface area (Å²) in [5.41, 5.74) is 0.731. The first-order chi connectivity index (χ1) is 24.3. The Kier molecular flexibility index (Phi) is 13.2. The molecule has 51 heavy (non-hydrogen) atoms. The van der Waals surface area contributed by atoms with Crippen molar-refractivity contribution in [3.8, 4) is 28.7 Å². The second kappa shape index (κ2) is 17.1. The molecule has 8 N–H and O–H groups in total. The van der Waals surface area contributed by atoms with Crippen LogP contribution >= 0.6 is 0 Å². The number of aliphatic hydroxyl groups excluding tert-OH is 6. The predicted molar refractivity (Wildman–Crippen MR) is 170 cm³/mol. The Morgan fingerprint density at radius 1 is 0.765 bits per heavy atom. The third-order valence-corrected chi connectivity index (χ3v) is 8.01. The lowest BCUT2D eigenvalue weighted by molar-refractivity contribution is -0.383. The summed E-state index contributed by atoms with van der Waals surface area (Å²) in [7, 11) is 3.95. The standard InChI is InChI=1S/C33H40O18/c1-44-19-10-16(4-7-18(19)36)5-9-25(38)49-31-28(41)23(14-35)50-33(31,51-32-30(43)29(42)27(40)22(13-34)48-32)15-47-24(37)8-6-17-11-20(45-2)26(39)21(12-17)46-3/h4-12,22-23,27-32,34-36,39-43H,13-15H2,1-3H3/b8-6-,9-5+/t22-,23-,27-,28-,29+,30-,31+,32-,33+/m1/s1. The van der Waals surface area contributed by atoms with Crippen LogP contribution in [0.2, 0.25) is 0 Å². The number of esters is 2. The number of phenolic OH excluding ortho intramolecular Hbond substituents is 2. The lowest BCUT2D eigenvalue weighted by atomic mass is 9.99. The van der Waals surface area contributed by atoms with Crippen LogP contribution in [0.1, 0.15) is 11.1 Å². The molecule has 18 nitrogen and oxygen atoms in total. The van der Waals surface area contributed by atoms with Crippen molar-refractivity contribution in [2.45, 2.75) is 54.8 Å². The molecular formula is C33H40O18. The number of aromatic hydroxyl groups is 2. The van der Waals surface area contributed by atoms with Crippen molar-refractivity contribution in [2.24, 2.45) is 0 Å². The van der Waals surface area contributed by atoms with E-state index in [4.69, 9.17) is 37.9 Å². The quantitative estimate of drug-likeness (QED) is 0.0819. The highest BCUT2D eigenvalue weighted by Gasteiger charge is 2.61. The summed E-state index contributed by atoms with van der Waals surface area (Å²) in [5, 5.41) is 82.1. The third-order valence-electron chi connectivity index (χ3n) is 8.01. The maximum atomic E-state index is 13.1. The fourth-order valence-corrected chi connectivity index (χ4v) is 5.28. The normalized spacial score (nSPS) is 29.3. The fourth-order valence-electron chi connectivity index (χ4n) is 5.28. The SMILES string of the molecule is COc1cc(/C=C/C(=O)O[C@H]2[C@H](O)[C@@H](CO)O[C@@]2(COC(=O)/C=C\c2cc(OC)c(O)c(OC)c2)O[C@H]2O[C@H](CO)[C@@H](O)[C@H](O)[C@H]2O)ccc1O. The summed E-state index contributed by atoms with van der Waals surface area (Å²) in [6.45, 7) is -2.69. The molecule has 0 saturated carbocycles. The third kappa shape index (κ3) is 8.87. The zero-order valence-electron chi connectivity index (χ0n) is 27.6. The molecule has 280 valence electrons. The largest absolute Gasteiger partial charge is 0.504 e. The molecule has 2 aromatic carbocycles. The monoisotopic (exact) mass is 724 g/mol. The molecule has 2 heterocycles.